The standard InChI is InChI=1S/C17H27N2OS/c1-13(2)17(21-4)16(14-8-5-6-9-14)18-19-11-7-10-15(19)12-20-3/h5-6,8-9,13,15,17H,7,10-12H2,1-4H3/b18-16-/t15-,17+/m0/s1. The lowest BCUT2D eigenvalue weighted by Crippen LogP contribution is -2.35. The van der Waals surface area contributed by atoms with Gasteiger partial charge in [-0.2, -0.15) is 16.9 Å². The van der Waals surface area contributed by atoms with Gasteiger partial charge in [0.25, 0.3) is 0 Å². The van der Waals surface area contributed by atoms with E-state index in [4.69, 9.17) is 9.84 Å². The Kier molecular flexibility index (Phi) is 6.87. The van der Waals surface area contributed by atoms with Crippen LogP contribution in [0.15, 0.2) is 5.10 Å². The van der Waals surface area contributed by atoms with Crippen molar-refractivity contribution in [2.24, 2.45) is 11.0 Å². The molecule has 117 valence electrons. The molecule has 0 N–H and O–H groups in total. The number of hydrogen-bond donors (Lipinski definition) is 0. The first-order valence-electron chi connectivity index (χ1n) is 7.76. The zero-order valence-corrected chi connectivity index (χ0v) is 14.4. The molecule has 2 fully saturated rings. The van der Waals surface area contributed by atoms with Gasteiger partial charge in [0.15, 0.2) is 0 Å². The molecule has 5 radical (unpaired) electrons. The van der Waals surface area contributed by atoms with E-state index in [-0.39, 0.29) is 0 Å². The Balaban J connectivity index is 2.18. The summed E-state index contributed by atoms with van der Waals surface area (Å²) in [7, 11) is 1.77. The molecule has 0 aromatic carbocycles. The summed E-state index contributed by atoms with van der Waals surface area (Å²) in [5.74, 6) is 1.82. The third kappa shape index (κ3) is 4.38. The van der Waals surface area contributed by atoms with Crippen LogP contribution in [-0.2, 0) is 4.74 Å². The van der Waals surface area contributed by atoms with Gasteiger partial charge in [-0.3, -0.25) is 5.01 Å². The molecule has 0 spiro atoms. The predicted octanol–water partition coefficient (Wildman–Crippen LogP) is 3.25. The number of hydrazone groups is 1. The SMILES string of the molecule is COC[C@@H]1CCCN1/N=C(/[C]1[CH][CH][CH][CH]1)[C@H](SC)C(C)C. The fourth-order valence-electron chi connectivity index (χ4n) is 2.98. The van der Waals surface area contributed by atoms with Crippen molar-refractivity contribution in [3.05, 3.63) is 31.6 Å². The Morgan fingerprint density at radius 2 is 2.14 bits per heavy atom. The second-order valence-electron chi connectivity index (χ2n) is 5.97. The van der Waals surface area contributed by atoms with Gasteiger partial charge in [-0.15, -0.1) is 0 Å². The minimum Gasteiger partial charge on any atom is -0.382 e. The summed E-state index contributed by atoms with van der Waals surface area (Å²) in [5, 5.41) is 7.73. The van der Waals surface area contributed by atoms with Crippen LogP contribution in [0.25, 0.3) is 0 Å². The van der Waals surface area contributed by atoms with E-state index in [1.165, 1.54) is 24.5 Å². The summed E-state index contributed by atoms with van der Waals surface area (Å²) in [4.78, 5) is 0. The van der Waals surface area contributed by atoms with Gasteiger partial charge in [-0.05, 0) is 50.7 Å². The maximum Gasteiger partial charge on any atom is 0.0704 e. The van der Waals surface area contributed by atoms with Crippen LogP contribution in [0, 0.1) is 37.5 Å². The van der Waals surface area contributed by atoms with Crippen molar-refractivity contribution in [1.82, 2.24) is 5.01 Å². The highest BCUT2D eigenvalue weighted by atomic mass is 32.2. The molecule has 0 amide bonds. The van der Waals surface area contributed by atoms with Gasteiger partial charge in [0.2, 0.25) is 0 Å². The van der Waals surface area contributed by atoms with Crippen LogP contribution < -0.4 is 0 Å². The van der Waals surface area contributed by atoms with Crippen LogP contribution in [0.1, 0.15) is 26.7 Å². The molecule has 0 bridgehead atoms. The summed E-state index contributed by atoms with van der Waals surface area (Å²) >= 11 is 1.89. The molecule has 3 nitrogen and oxygen atoms in total. The highest BCUT2D eigenvalue weighted by Gasteiger charge is 2.32. The molecule has 2 atom stereocenters. The molecule has 21 heavy (non-hydrogen) atoms. The molecule has 2 rings (SSSR count). The average molecular weight is 307 g/mol. The molecule has 0 aromatic heterocycles. The zero-order chi connectivity index (χ0) is 15.2. The molecule has 2 aliphatic rings. The van der Waals surface area contributed by atoms with Gasteiger partial charge < -0.3 is 4.74 Å². The van der Waals surface area contributed by atoms with Crippen molar-refractivity contribution in [1.29, 1.82) is 0 Å². The quantitative estimate of drug-likeness (QED) is 0.675. The minimum atomic E-state index is 0.426. The molecule has 1 aliphatic carbocycles. The number of ether oxygens (including phenoxy) is 1. The molecule has 1 aliphatic heterocycles. The lowest BCUT2D eigenvalue weighted by Gasteiger charge is -2.29. The lowest BCUT2D eigenvalue weighted by molar-refractivity contribution is 0.117. The molecular formula is C17H27N2OS. The molecule has 0 aromatic rings. The summed E-state index contributed by atoms with van der Waals surface area (Å²) in [6.45, 7) is 6.35. The topological polar surface area (TPSA) is 24.8 Å². The molecule has 1 heterocycles. The van der Waals surface area contributed by atoms with Crippen molar-refractivity contribution in [3.8, 4) is 0 Å². The van der Waals surface area contributed by atoms with Gasteiger partial charge in [0, 0.05) is 24.8 Å². The normalized spacial score (nSPS) is 26.0. The van der Waals surface area contributed by atoms with E-state index in [0.717, 1.165) is 13.2 Å². The largest absolute Gasteiger partial charge is 0.382 e. The summed E-state index contributed by atoms with van der Waals surface area (Å²) in [6, 6.07) is 0.426. The second kappa shape index (κ2) is 8.42. The Hall–Kier alpha value is -0.220. The minimum absolute atomic E-state index is 0.426. The molecule has 0 unspecified atom stereocenters. The van der Waals surface area contributed by atoms with E-state index < -0.39 is 0 Å². The van der Waals surface area contributed by atoms with Crippen LogP contribution in [0.2, 0.25) is 0 Å². The first-order valence-corrected chi connectivity index (χ1v) is 9.05. The Labute approximate surface area is 134 Å². The van der Waals surface area contributed by atoms with Crippen molar-refractivity contribution < 1.29 is 4.74 Å². The molecule has 4 heteroatoms. The maximum absolute atomic E-state index is 5.35. The highest BCUT2D eigenvalue weighted by Crippen LogP contribution is 2.33. The third-order valence-corrected chi connectivity index (χ3v) is 5.30. The second-order valence-corrected chi connectivity index (χ2v) is 6.95. The van der Waals surface area contributed by atoms with Crippen LogP contribution >= 0.6 is 11.8 Å². The molecule has 1 saturated heterocycles. The lowest BCUT2D eigenvalue weighted by atomic mass is 9.93. The first-order chi connectivity index (χ1) is 10.2. The Bertz CT molecular complexity index is 340. The highest BCUT2D eigenvalue weighted by molar-refractivity contribution is 8.00. The fraction of sp³-hybridized carbons (Fsp3) is 0.647. The zero-order valence-electron chi connectivity index (χ0n) is 13.6. The van der Waals surface area contributed by atoms with Gasteiger partial charge in [0.1, 0.15) is 0 Å². The van der Waals surface area contributed by atoms with Crippen molar-refractivity contribution >= 4 is 17.5 Å². The van der Waals surface area contributed by atoms with E-state index >= 15 is 0 Å². The molecular weight excluding hydrogens is 280 g/mol. The number of thioether (sulfide) groups is 1. The van der Waals surface area contributed by atoms with E-state index in [9.17, 15) is 0 Å². The summed E-state index contributed by atoms with van der Waals surface area (Å²) in [5.41, 5.74) is 1.21. The maximum atomic E-state index is 5.35. The number of methoxy groups -OCH3 is 1. The van der Waals surface area contributed by atoms with Crippen LogP contribution in [0.3, 0.4) is 0 Å². The van der Waals surface area contributed by atoms with E-state index in [0.29, 0.717) is 17.2 Å². The number of rotatable bonds is 7. The fourth-order valence-corrected chi connectivity index (χ4v) is 3.93. The average Bonchev–Trinajstić information content (AvgIpc) is 3.10. The van der Waals surface area contributed by atoms with Gasteiger partial charge >= 0.3 is 0 Å². The van der Waals surface area contributed by atoms with E-state index in [1.54, 1.807) is 7.11 Å². The van der Waals surface area contributed by atoms with Crippen molar-refractivity contribution in [3.63, 3.8) is 0 Å². The van der Waals surface area contributed by atoms with Crippen LogP contribution in [-0.4, -0.2) is 48.5 Å². The van der Waals surface area contributed by atoms with Gasteiger partial charge in [0.05, 0.1) is 18.4 Å². The monoisotopic (exact) mass is 307 g/mol. The van der Waals surface area contributed by atoms with Crippen molar-refractivity contribution in [2.75, 3.05) is 26.5 Å². The summed E-state index contributed by atoms with van der Waals surface area (Å²) < 4.78 is 5.35. The van der Waals surface area contributed by atoms with Gasteiger partial charge in [-0.25, -0.2) is 0 Å². The first kappa shape index (κ1) is 17.1. The summed E-state index contributed by atoms with van der Waals surface area (Å²) in [6.07, 6.45) is 13.1. The van der Waals surface area contributed by atoms with E-state index in [1.807, 2.05) is 11.8 Å². The number of hydrogen-bond acceptors (Lipinski definition) is 4. The Morgan fingerprint density at radius 3 is 2.71 bits per heavy atom. The third-order valence-electron chi connectivity index (χ3n) is 4.03. The van der Waals surface area contributed by atoms with Crippen LogP contribution in [0.4, 0.5) is 0 Å². The smallest absolute Gasteiger partial charge is 0.0704 e. The van der Waals surface area contributed by atoms with Gasteiger partial charge in [-0.1, -0.05) is 13.8 Å². The van der Waals surface area contributed by atoms with E-state index in [2.05, 4.69) is 50.8 Å². The predicted molar refractivity (Wildman–Crippen MR) is 91.6 cm³/mol. The van der Waals surface area contributed by atoms with Crippen molar-refractivity contribution in [2.45, 2.75) is 38.0 Å². The van der Waals surface area contributed by atoms with Crippen LogP contribution in [0.5, 0.6) is 0 Å². The Morgan fingerprint density at radius 1 is 1.43 bits per heavy atom. The number of nitrogens with zero attached hydrogens (tertiary/aromatic N) is 2. The molecule has 1 saturated carbocycles.